The lowest BCUT2D eigenvalue weighted by molar-refractivity contribution is 0.0963. The zero-order valence-corrected chi connectivity index (χ0v) is 17.3. The maximum atomic E-state index is 11.8. The summed E-state index contributed by atoms with van der Waals surface area (Å²) in [5, 5.41) is 9.56. The van der Waals surface area contributed by atoms with E-state index in [4.69, 9.17) is 0 Å². The summed E-state index contributed by atoms with van der Waals surface area (Å²) in [5.41, 5.74) is 3.09. The summed E-state index contributed by atoms with van der Waals surface area (Å²) in [6.07, 6.45) is 2.19. The topological polar surface area (TPSA) is 68.8 Å². The van der Waals surface area contributed by atoms with Crippen molar-refractivity contribution < 1.29 is 4.79 Å². The van der Waals surface area contributed by atoms with Gasteiger partial charge in [0.15, 0.2) is 5.96 Å². The van der Waals surface area contributed by atoms with E-state index in [0.717, 1.165) is 44.0 Å². The highest BCUT2D eigenvalue weighted by molar-refractivity contribution is 5.94. The smallest absolute Gasteiger partial charge is 0.251 e. The van der Waals surface area contributed by atoms with Gasteiger partial charge in [0.05, 0.1) is 0 Å². The second-order valence-corrected chi connectivity index (χ2v) is 7.39. The van der Waals surface area contributed by atoms with Crippen LogP contribution in [0.2, 0.25) is 0 Å². The van der Waals surface area contributed by atoms with Crippen molar-refractivity contribution in [2.24, 2.45) is 4.99 Å². The monoisotopic (exact) mass is 393 g/mol. The second-order valence-electron chi connectivity index (χ2n) is 7.39. The van der Waals surface area contributed by atoms with Crippen molar-refractivity contribution in [3.05, 3.63) is 71.3 Å². The van der Waals surface area contributed by atoms with Gasteiger partial charge in [-0.1, -0.05) is 42.5 Å². The van der Waals surface area contributed by atoms with E-state index in [0.29, 0.717) is 18.2 Å². The lowest BCUT2D eigenvalue weighted by atomic mass is 10.0. The minimum absolute atomic E-state index is 0.0726. The Kier molecular flexibility index (Phi) is 7.64. The van der Waals surface area contributed by atoms with E-state index in [-0.39, 0.29) is 5.91 Å². The largest absolute Gasteiger partial charge is 0.355 e. The van der Waals surface area contributed by atoms with Crippen LogP contribution in [0.3, 0.4) is 0 Å². The molecule has 154 valence electrons. The van der Waals surface area contributed by atoms with Crippen molar-refractivity contribution in [2.45, 2.75) is 32.0 Å². The molecule has 6 heteroatoms. The highest BCUT2D eigenvalue weighted by Gasteiger charge is 2.20. The molecule has 2 aromatic carbocycles. The molecule has 0 spiro atoms. The quantitative estimate of drug-likeness (QED) is 0.521. The Bertz CT molecular complexity index is 813. The Morgan fingerprint density at radius 2 is 1.79 bits per heavy atom. The summed E-state index contributed by atoms with van der Waals surface area (Å²) in [6, 6.07) is 18.7. The van der Waals surface area contributed by atoms with Crippen molar-refractivity contribution in [2.75, 3.05) is 27.2 Å². The number of benzene rings is 2. The van der Waals surface area contributed by atoms with Gasteiger partial charge >= 0.3 is 0 Å². The highest BCUT2D eigenvalue weighted by atomic mass is 16.1. The highest BCUT2D eigenvalue weighted by Crippen LogP contribution is 2.14. The van der Waals surface area contributed by atoms with Crippen LogP contribution in [0.25, 0.3) is 0 Å². The first-order chi connectivity index (χ1) is 14.2. The summed E-state index contributed by atoms with van der Waals surface area (Å²) < 4.78 is 0. The number of hydrogen-bond donors (Lipinski definition) is 3. The predicted octanol–water partition coefficient (Wildman–Crippen LogP) is 2.38. The van der Waals surface area contributed by atoms with Crippen LogP contribution in [0.15, 0.2) is 59.6 Å². The molecule has 1 aliphatic heterocycles. The Labute approximate surface area is 173 Å². The lowest BCUT2D eigenvalue weighted by Gasteiger charge is -2.33. The van der Waals surface area contributed by atoms with Gasteiger partial charge < -0.3 is 16.0 Å². The first-order valence-electron chi connectivity index (χ1n) is 10.2. The number of piperidine rings is 1. The fourth-order valence-corrected chi connectivity index (χ4v) is 3.62. The average Bonchev–Trinajstić information content (AvgIpc) is 2.78. The van der Waals surface area contributed by atoms with Crippen LogP contribution in [-0.2, 0) is 13.1 Å². The molecule has 29 heavy (non-hydrogen) atoms. The maximum Gasteiger partial charge on any atom is 0.251 e. The molecule has 3 N–H and O–H groups in total. The van der Waals surface area contributed by atoms with Crippen LogP contribution in [0.4, 0.5) is 0 Å². The second kappa shape index (κ2) is 10.6. The molecular weight excluding hydrogens is 362 g/mol. The number of aliphatic imine (C=N–C) groups is 1. The summed E-state index contributed by atoms with van der Waals surface area (Å²) in [7, 11) is 3.44. The molecule has 0 unspecified atom stereocenters. The van der Waals surface area contributed by atoms with E-state index in [1.807, 2.05) is 24.3 Å². The van der Waals surface area contributed by atoms with Gasteiger partial charge in [0.25, 0.3) is 5.91 Å². The number of carbonyl (C=O) groups is 1. The minimum atomic E-state index is -0.0726. The van der Waals surface area contributed by atoms with Crippen LogP contribution < -0.4 is 16.0 Å². The number of nitrogens with zero attached hydrogens (tertiary/aromatic N) is 2. The van der Waals surface area contributed by atoms with Gasteiger partial charge in [-0.2, -0.15) is 0 Å². The van der Waals surface area contributed by atoms with Crippen LogP contribution in [-0.4, -0.2) is 50.0 Å². The van der Waals surface area contributed by atoms with Crippen LogP contribution in [0.5, 0.6) is 0 Å². The number of rotatable bonds is 6. The Morgan fingerprint density at radius 3 is 2.48 bits per heavy atom. The van der Waals surface area contributed by atoms with Crippen molar-refractivity contribution in [1.82, 2.24) is 20.9 Å². The molecule has 2 aromatic rings. The number of guanidine groups is 1. The van der Waals surface area contributed by atoms with Gasteiger partial charge in [-0.05, 0) is 36.1 Å². The molecule has 3 rings (SSSR count). The van der Waals surface area contributed by atoms with E-state index in [1.54, 1.807) is 14.1 Å². The van der Waals surface area contributed by atoms with E-state index >= 15 is 0 Å². The van der Waals surface area contributed by atoms with Gasteiger partial charge in [0, 0.05) is 51.9 Å². The molecule has 1 fully saturated rings. The molecule has 0 aromatic heterocycles. The molecule has 0 saturated carbocycles. The molecule has 0 aliphatic carbocycles. The maximum absolute atomic E-state index is 11.8. The van der Waals surface area contributed by atoms with Gasteiger partial charge in [0.2, 0.25) is 0 Å². The summed E-state index contributed by atoms with van der Waals surface area (Å²) in [5.74, 6) is 0.730. The summed E-state index contributed by atoms with van der Waals surface area (Å²) in [4.78, 5) is 18.7. The predicted molar refractivity (Wildman–Crippen MR) is 118 cm³/mol. The van der Waals surface area contributed by atoms with Crippen molar-refractivity contribution in [3.8, 4) is 0 Å². The lowest BCUT2D eigenvalue weighted by Crippen LogP contribution is -2.48. The third kappa shape index (κ3) is 6.32. The SMILES string of the molecule is CN=C(NCc1cccc(C(=O)NC)c1)NC1CCN(Cc2ccccc2)CC1. The molecule has 0 bridgehead atoms. The van der Waals surface area contributed by atoms with E-state index < -0.39 is 0 Å². The van der Waals surface area contributed by atoms with Gasteiger partial charge in [-0.15, -0.1) is 0 Å². The van der Waals surface area contributed by atoms with Crippen LogP contribution in [0, 0.1) is 0 Å². The molecule has 1 saturated heterocycles. The Balaban J connectivity index is 1.44. The third-order valence-corrected chi connectivity index (χ3v) is 5.28. The molecule has 0 atom stereocenters. The molecule has 1 heterocycles. The van der Waals surface area contributed by atoms with E-state index in [1.165, 1.54) is 5.56 Å². The molecule has 6 nitrogen and oxygen atoms in total. The van der Waals surface area contributed by atoms with Gasteiger partial charge in [0.1, 0.15) is 0 Å². The fourth-order valence-electron chi connectivity index (χ4n) is 3.62. The molecule has 1 amide bonds. The normalized spacial score (nSPS) is 15.7. The number of carbonyl (C=O) groups excluding carboxylic acids is 1. The first kappa shape index (κ1) is 20.9. The summed E-state index contributed by atoms with van der Waals surface area (Å²) >= 11 is 0. The van der Waals surface area contributed by atoms with Crippen LogP contribution >= 0.6 is 0 Å². The first-order valence-corrected chi connectivity index (χ1v) is 10.2. The van der Waals surface area contributed by atoms with E-state index in [9.17, 15) is 4.79 Å². The Hall–Kier alpha value is -2.86. The zero-order chi connectivity index (χ0) is 20.5. The number of likely N-dealkylation sites (tertiary alicyclic amines) is 1. The summed E-state index contributed by atoms with van der Waals surface area (Å²) in [6.45, 7) is 3.80. The standard InChI is InChI=1S/C23H31N5O/c1-24-22(29)20-10-6-9-19(15-20)16-26-23(25-2)27-21-11-13-28(14-12-21)17-18-7-4-3-5-8-18/h3-10,15,21H,11-14,16-17H2,1-2H3,(H,24,29)(H2,25,26,27). The van der Waals surface area contributed by atoms with Crippen molar-refractivity contribution >= 4 is 11.9 Å². The van der Waals surface area contributed by atoms with Crippen molar-refractivity contribution in [1.29, 1.82) is 0 Å². The van der Waals surface area contributed by atoms with Gasteiger partial charge in [-0.3, -0.25) is 14.7 Å². The number of hydrogen-bond acceptors (Lipinski definition) is 3. The fraction of sp³-hybridized carbons (Fsp3) is 0.391. The molecular formula is C23H31N5O. The number of amides is 1. The van der Waals surface area contributed by atoms with Gasteiger partial charge in [-0.25, -0.2) is 0 Å². The average molecular weight is 394 g/mol. The van der Waals surface area contributed by atoms with E-state index in [2.05, 4.69) is 56.2 Å². The number of nitrogens with one attached hydrogen (secondary N) is 3. The molecule has 0 radical (unpaired) electrons. The zero-order valence-electron chi connectivity index (χ0n) is 17.3. The minimum Gasteiger partial charge on any atom is -0.355 e. The third-order valence-electron chi connectivity index (χ3n) is 5.28. The Morgan fingerprint density at radius 1 is 1.07 bits per heavy atom. The van der Waals surface area contributed by atoms with Crippen molar-refractivity contribution in [3.63, 3.8) is 0 Å². The van der Waals surface area contributed by atoms with Crippen LogP contribution in [0.1, 0.15) is 34.3 Å². The molecule has 1 aliphatic rings.